The fraction of sp³-hybridized carbons (Fsp3) is 0.613. The maximum atomic E-state index is 12.9. The van der Waals surface area contributed by atoms with Gasteiger partial charge in [0.05, 0.1) is 24.3 Å². The van der Waals surface area contributed by atoms with Crippen LogP contribution in [0.1, 0.15) is 114 Å². The van der Waals surface area contributed by atoms with E-state index in [-0.39, 0.29) is 36.6 Å². The Bertz CT molecular complexity index is 1180. The van der Waals surface area contributed by atoms with Gasteiger partial charge in [-0.05, 0) is 80.8 Å². The van der Waals surface area contributed by atoms with Crippen molar-refractivity contribution in [1.82, 2.24) is 0 Å². The van der Waals surface area contributed by atoms with E-state index < -0.39 is 0 Å². The van der Waals surface area contributed by atoms with Crippen molar-refractivity contribution in [3.63, 3.8) is 0 Å². The summed E-state index contributed by atoms with van der Waals surface area (Å²) in [5.74, 6) is -0.162. The van der Waals surface area contributed by atoms with Crippen molar-refractivity contribution in [2.75, 3.05) is 23.8 Å². The zero-order chi connectivity index (χ0) is 29.5. The number of carbonyl (C=O) groups is 4. The normalized spacial score (nSPS) is 17.8. The summed E-state index contributed by atoms with van der Waals surface area (Å²) in [5, 5.41) is 6.96. The number of esters is 2. The molecule has 2 aliphatic rings. The second-order valence-electron chi connectivity index (χ2n) is 11.3. The molecule has 10 heteroatoms. The van der Waals surface area contributed by atoms with E-state index in [0.29, 0.717) is 52.6 Å². The van der Waals surface area contributed by atoms with E-state index in [4.69, 9.17) is 9.47 Å². The molecule has 0 radical (unpaired) electrons. The van der Waals surface area contributed by atoms with Crippen LogP contribution in [-0.2, 0) is 44.7 Å². The summed E-state index contributed by atoms with van der Waals surface area (Å²) in [4.78, 5) is 53.8. The van der Waals surface area contributed by atoms with Crippen LogP contribution in [0.2, 0.25) is 0 Å². The summed E-state index contributed by atoms with van der Waals surface area (Å²) in [5.41, 5.74) is 3.00. The second-order valence-corrected chi connectivity index (χ2v) is 13.5. The maximum Gasteiger partial charge on any atom is 0.341 e. The van der Waals surface area contributed by atoms with Gasteiger partial charge in [-0.1, -0.05) is 27.7 Å². The minimum atomic E-state index is -0.380. The first-order valence-electron chi connectivity index (χ1n) is 14.9. The quantitative estimate of drug-likeness (QED) is 0.255. The van der Waals surface area contributed by atoms with E-state index in [2.05, 4.69) is 24.5 Å². The highest BCUT2D eigenvalue weighted by molar-refractivity contribution is 7.17. The van der Waals surface area contributed by atoms with Crippen LogP contribution in [0.5, 0.6) is 0 Å². The number of rotatable bonds is 12. The second kappa shape index (κ2) is 14.4. The van der Waals surface area contributed by atoms with Crippen molar-refractivity contribution in [3.8, 4) is 0 Å². The van der Waals surface area contributed by atoms with E-state index >= 15 is 0 Å². The Morgan fingerprint density at radius 1 is 0.732 bits per heavy atom. The number of hydrogen-bond acceptors (Lipinski definition) is 8. The highest BCUT2D eigenvalue weighted by atomic mass is 32.1. The average Bonchev–Trinajstić information content (AvgIpc) is 3.46. The lowest BCUT2D eigenvalue weighted by molar-refractivity contribution is -0.117. The molecule has 4 rings (SSSR count). The first kappa shape index (κ1) is 31.2. The number of anilines is 2. The lowest BCUT2D eigenvalue weighted by Gasteiger charge is -2.18. The summed E-state index contributed by atoms with van der Waals surface area (Å²) in [6.45, 7) is 8.97. The molecular formula is C31H42N2O6S2. The van der Waals surface area contributed by atoms with E-state index in [0.717, 1.165) is 72.2 Å². The molecule has 0 unspecified atom stereocenters. The van der Waals surface area contributed by atoms with Gasteiger partial charge in [0.1, 0.15) is 10.0 Å². The molecule has 2 atom stereocenters. The Morgan fingerprint density at radius 2 is 1.15 bits per heavy atom. The van der Waals surface area contributed by atoms with E-state index in [9.17, 15) is 19.2 Å². The largest absolute Gasteiger partial charge is 0.462 e. The predicted octanol–water partition coefficient (Wildman–Crippen LogP) is 6.94. The molecule has 0 spiro atoms. The van der Waals surface area contributed by atoms with Crippen molar-refractivity contribution in [2.45, 2.75) is 98.3 Å². The first-order chi connectivity index (χ1) is 19.7. The molecule has 0 bridgehead atoms. The number of ether oxygens (including phenoxy) is 2. The molecule has 2 aromatic rings. The SMILES string of the molecule is CCCOC(=O)c1c(NC(=O)CCCC(=O)Nc2sc3c(c2C(=O)OCCC)CC[C@@H](C)C3)sc2c1CC[C@@H](C)C2. The van der Waals surface area contributed by atoms with Gasteiger partial charge in [-0.25, -0.2) is 9.59 Å². The van der Waals surface area contributed by atoms with Crippen LogP contribution in [-0.4, -0.2) is 37.0 Å². The monoisotopic (exact) mass is 602 g/mol. The van der Waals surface area contributed by atoms with Crippen LogP contribution < -0.4 is 10.6 Å². The number of carbonyl (C=O) groups excluding carboxylic acids is 4. The molecule has 2 heterocycles. The third kappa shape index (κ3) is 7.77. The highest BCUT2D eigenvalue weighted by Gasteiger charge is 2.30. The van der Waals surface area contributed by atoms with Crippen LogP contribution in [0, 0.1) is 11.8 Å². The Morgan fingerprint density at radius 3 is 1.54 bits per heavy atom. The fourth-order valence-corrected chi connectivity index (χ4v) is 8.26. The van der Waals surface area contributed by atoms with Gasteiger partial charge in [0, 0.05) is 22.6 Å². The van der Waals surface area contributed by atoms with Gasteiger partial charge in [0.25, 0.3) is 0 Å². The molecule has 2 aliphatic carbocycles. The Kier molecular flexibility index (Phi) is 11.0. The molecule has 2 aromatic heterocycles. The zero-order valence-corrected chi connectivity index (χ0v) is 26.2. The number of amides is 2. The van der Waals surface area contributed by atoms with Crippen LogP contribution in [0.3, 0.4) is 0 Å². The van der Waals surface area contributed by atoms with Gasteiger partial charge in [0.15, 0.2) is 0 Å². The topological polar surface area (TPSA) is 111 Å². The number of nitrogens with one attached hydrogen (secondary N) is 2. The summed E-state index contributed by atoms with van der Waals surface area (Å²) in [6, 6.07) is 0. The molecule has 8 nitrogen and oxygen atoms in total. The van der Waals surface area contributed by atoms with Crippen LogP contribution >= 0.6 is 22.7 Å². The first-order valence-corrected chi connectivity index (χ1v) is 16.6. The van der Waals surface area contributed by atoms with Crippen molar-refractivity contribution in [2.24, 2.45) is 11.8 Å². The molecule has 0 fully saturated rings. The number of fused-ring (bicyclic) bond motifs is 2. The Hall–Kier alpha value is -2.72. The van der Waals surface area contributed by atoms with Crippen molar-refractivity contribution >= 4 is 56.4 Å². The van der Waals surface area contributed by atoms with Crippen LogP contribution in [0.15, 0.2) is 0 Å². The molecule has 0 aliphatic heterocycles. The molecule has 0 aromatic carbocycles. The van der Waals surface area contributed by atoms with Gasteiger partial charge < -0.3 is 20.1 Å². The highest BCUT2D eigenvalue weighted by Crippen LogP contribution is 2.41. The molecule has 41 heavy (non-hydrogen) atoms. The van der Waals surface area contributed by atoms with Crippen molar-refractivity contribution in [3.05, 3.63) is 32.0 Å². The van der Waals surface area contributed by atoms with Gasteiger partial charge in [0.2, 0.25) is 11.8 Å². The Balaban J connectivity index is 1.37. The van der Waals surface area contributed by atoms with Gasteiger partial charge >= 0.3 is 11.9 Å². The van der Waals surface area contributed by atoms with Crippen molar-refractivity contribution in [1.29, 1.82) is 0 Å². The van der Waals surface area contributed by atoms with Gasteiger partial charge in [-0.3, -0.25) is 9.59 Å². The van der Waals surface area contributed by atoms with Crippen molar-refractivity contribution < 1.29 is 28.7 Å². The lowest BCUT2D eigenvalue weighted by atomic mass is 9.88. The summed E-state index contributed by atoms with van der Waals surface area (Å²) in [7, 11) is 0. The van der Waals surface area contributed by atoms with Crippen LogP contribution in [0.4, 0.5) is 10.0 Å². The summed E-state index contributed by atoms with van der Waals surface area (Å²) in [6.07, 6.45) is 7.48. The Labute approximate surface area is 250 Å². The molecule has 0 saturated carbocycles. The van der Waals surface area contributed by atoms with E-state index in [1.807, 2.05) is 13.8 Å². The third-order valence-electron chi connectivity index (χ3n) is 7.62. The maximum absolute atomic E-state index is 12.9. The standard InChI is InChI=1S/C31H42N2O6S2/c1-5-14-38-30(36)26-20-12-10-18(3)16-22(20)40-28(26)32-24(34)8-7-9-25(35)33-29-27(31(37)39-15-6-2)21-13-11-19(4)17-23(21)41-29/h18-19H,5-17H2,1-4H3,(H,32,34)(H,33,35)/t18-,19-/m1/s1. The number of thiophene rings is 2. The summed E-state index contributed by atoms with van der Waals surface area (Å²) >= 11 is 2.93. The smallest absolute Gasteiger partial charge is 0.341 e. The molecule has 224 valence electrons. The number of hydrogen-bond donors (Lipinski definition) is 2. The van der Waals surface area contributed by atoms with Gasteiger partial charge in [-0.15, -0.1) is 22.7 Å². The molecular weight excluding hydrogens is 560 g/mol. The molecule has 0 saturated heterocycles. The predicted molar refractivity (Wildman–Crippen MR) is 163 cm³/mol. The average molecular weight is 603 g/mol. The molecule has 2 amide bonds. The lowest BCUT2D eigenvalue weighted by Crippen LogP contribution is -2.18. The minimum absolute atomic E-state index is 0.139. The minimum Gasteiger partial charge on any atom is -0.462 e. The van der Waals surface area contributed by atoms with E-state index in [1.54, 1.807) is 0 Å². The van der Waals surface area contributed by atoms with Gasteiger partial charge in [-0.2, -0.15) is 0 Å². The molecule has 2 N–H and O–H groups in total. The van der Waals surface area contributed by atoms with Crippen LogP contribution in [0.25, 0.3) is 0 Å². The van der Waals surface area contributed by atoms with E-state index in [1.165, 1.54) is 22.7 Å². The zero-order valence-electron chi connectivity index (χ0n) is 24.6. The third-order valence-corrected chi connectivity index (χ3v) is 9.96. The fourth-order valence-electron chi connectivity index (χ4n) is 5.43. The summed E-state index contributed by atoms with van der Waals surface area (Å²) < 4.78 is 10.9.